The highest BCUT2D eigenvalue weighted by molar-refractivity contribution is 6.33. The van der Waals surface area contributed by atoms with Gasteiger partial charge in [0.15, 0.2) is 0 Å². The Morgan fingerprint density at radius 1 is 1.12 bits per heavy atom. The van der Waals surface area contributed by atoms with Gasteiger partial charge in [0, 0.05) is 35.3 Å². The van der Waals surface area contributed by atoms with E-state index in [1.165, 1.54) is 0 Å². The van der Waals surface area contributed by atoms with E-state index < -0.39 is 0 Å². The minimum absolute atomic E-state index is 0. The summed E-state index contributed by atoms with van der Waals surface area (Å²) in [4.78, 5) is 14.7. The zero-order valence-electron chi connectivity index (χ0n) is 13.5. The molecule has 1 aliphatic heterocycles. The number of nitrogens with two attached hydrogens (primary N) is 1. The third kappa shape index (κ3) is 3.92. The highest BCUT2D eigenvalue weighted by Gasteiger charge is 2.26. The molecule has 1 aliphatic rings. The molecule has 1 unspecified atom stereocenters. The van der Waals surface area contributed by atoms with E-state index in [0.29, 0.717) is 17.1 Å². The number of piperidine rings is 1. The third-order valence-corrected chi connectivity index (χ3v) is 4.81. The largest absolute Gasteiger partial charge is 0.334 e. The van der Waals surface area contributed by atoms with Crippen LogP contribution in [0.4, 0.5) is 0 Å². The molecule has 1 atom stereocenters. The van der Waals surface area contributed by atoms with Crippen LogP contribution in [0.2, 0.25) is 5.02 Å². The molecule has 2 N–H and O–H groups in total. The fourth-order valence-corrected chi connectivity index (χ4v) is 3.41. The third-order valence-electron chi connectivity index (χ3n) is 4.48. The molecule has 128 valence electrons. The van der Waals surface area contributed by atoms with Crippen LogP contribution < -0.4 is 5.73 Å². The lowest BCUT2D eigenvalue weighted by Crippen LogP contribution is -2.47. The SMILES string of the molecule is Cl.NCC1CCCCN1C(=O)c1ccc(-c2ccccc2Cl)cc1. The van der Waals surface area contributed by atoms with Crippen molar-refractivity contribution in [2.24, 2.45) is 5.73 Å². The van der Waals surface area contributed by atoms with Crippen LogP contribution in [0.25, 0.3) is 11.1 Å². The molecule has 24 heavy (non-hydrogen) atoms. The zero-order chi connectivity index (χ0) is 16.2. The molecule has 2 aromatic carbocycles. The average Bonchev–Trinajstić information content (AvgIpc) is 2.61. The van der Waals surface area contributed by atoms with E-state index in [1.54, 1.807) is 0 Å². The molecule has 3 nitrogen and oxygen atoms in total. The van der Waals surface area contributed by atoms with Gasteiger partial charge in [-0.15, -0.1) is 12.4 Å². The van der Waals surface area contributed by atoms with E-state index in [0.717, 1.165) is 36.9 Å². The maximum atomic E-state index is 12.7. The smallest absolute Gasteiger partial charge is 0.254 e. The maximum absolute atomic E-state index is 12.7. The first-order chi connectivity index (χ1) is 11.2. The van der Waals surface area contributed by atoms with Crippen LogP contribution in [0, 0.1) is 0 Å². The second kappa shape index (κ2) is 8.52. The van der Waals surface area contributed by atoms with Gasteiger partial charge < -0.3 is 10.6 Å². The topological polar surface area (TPSA) is 46.3 Å². The Hall–Kier alpha value is -1.55. The van der Waals surface area contributed by atoms with Gasteiger partial charge in [0.2, 0.25) is 0 Å². The first-order valence-corrected chi connectivity index (χ1v) is 8.44. The van der Waals surface area contributed by atoms with Gasteiger partial charge in [0.1, 0.15) is 0 Å². The molecule has 0 bridgehead atoms. The van der Waals surface area contributed by atoms with E-state index in [4.69, 9.17) is 17.3 Å². The fourth-order valence-electron chi connectivity index (χ4n) is 3.17. The van der Waals surface area contributed by atoms with Crippen molar-refractivity contribution in [3.63, 3.8) is 0 Å². The van der Waals surface area contributed by atoms with Gasteiger partial charge in [-0.3, -0.25) is 4.79 Å². The van der Waals surface area contributed by atoms with Gasteiger partial charge >= 0.3 is 0 Å². The van der Waals surface area contributed by atoms with E-state index in [2.05, 4.69) is 0 Å². The van der Waals surface area contributed by atoms with Crippen LogP contribution in [0.5, 0.6) is 0 Å². The quantitative estimate of drug-likeness (QED) is 0.877. The standard InChI is InChI=1S/C19H21ClN2O.ClH/c20-18-7-2-1-6-17(18)14-8-10-15(11-9-14)19(23)22-12-4-3-5-16(22)13-21;/h1-2,6-11,16H,3-5,12-13,21H2;1H. The number of carbonyl (C=O) groups excluding carboxylic acids is 1. The van der Waals surface area contributed by atoms with Crippen molar-refractivity contribution in [2.45, 2.75) is 25.3 Å². The van der Waals surface area contributed by atoms with Crippen LogP contribution in [-0.4, -0.2) is 29.9 Å². The van der Waals surface area contributed by atoms with Gasteiger partial charge in [0.25, 0.3) is 5.91 Å². The number of amides is 1. The second-order valence-electron chi connectivity index (χ2n) is 5.94. The van der Waals surface area contributed by atoms with Crippen molar-refractivity contribution < 1.29 is 4.79 Å². The van der Waals surface area contributed by atoms with Crippen molar-refractivity contribution in [3.8, 4) is 11.1 Å². The molecule has 3 rings (SSSR count). The van der Waals surface area contributed by atoms with Crippen LogP contribution in [0.1, 0.15) is 29.6 Å². The number of hydrogen-bond acceptors (Lipinski definition) is 2. The Morgan fingerprint density at radius 2 is 1.83 bits per heavy atom. The van der Waals surface area contributed by atoms with E-state index in [9.17, 15) is 4.79 Å². The molecule has 1 fully saturated rings. The van der Waals surface area contributed by atoms with Crippen LogP contribution >= 0.6 is 24.0 Å². The van der Waals surface area contributed by atoms with Crippen LogP contribution in [0.15, 0.2) is 48.5 Å². The van der Waals surface area contributed by atoms with Crippen LogP contribution in [0.3, 0.4) is 0 Å². The van der Waals surface area contributed by atoms with Crippen molar-refractivity contribution in [1.82, 2.24) is 4.90 Å². The summed E-state index contributed by atoms with van der Waals surface area (Å²) in [6.07, 6.45) is 3.21. The van der Waals surface area contributed by atoms with Crippen molar-refractivity contribution >= 4 is 29.9 Å². The number of benzene rings is 2. The Labute approximate surface area is 154 Å². The van der Waals surface area contributed by atoms with Gasteiger partial charge in [-0.1, -0.05) is 41.9 Å². The zero-order valence-corrected chi connectivity index (χ0v) is 15.0. The molecule has 0 aliphatic carbocycles. The molecular formula is C19H22Cl2N2O. The fraction of sp³-hybridized carbons (Fsp3) is 0.316. The lowest BCUT2D eigenvalue weighted by molar-refractivity contribution is 0.0623. The minimum Gasteiger partial charge on any atom is -0.334 e. The Morgan fingerprint density at radius 3 is 2.50 bits per heavy atom. The van der Waals surface area contributed by atoms with Crippen molar-refractivity contribution in [3.05, 3.63) is 59.1 Å². The molecular weight excluding hydrogens is 343 g/mol. The summed E-state index contributed by atoms with van der Waals surface area (Å²) in [5.41, 5.74) is 8.52. The lowest BCUT2D eigenvalue weighted by Gasteiger charge is -2.35. The summed E-state index contributed by atoms with van der Waals surface area (Å²) in [5, 5.41) is 0.714. The number of likely N-dealkylation sites (tertiary alicyclic amines) is 1. The summed E-state index contributed by atoms with van der Waals surface area (Å²) in [5.74, 6) is 0.0749. The molecule has 1 heterocycles. The van der Waals surface area contributed by atoms with E-state index in [1.807, 2.05) is 53.4 Å². The number of nitrogens with zero attached hydrogens (tertiary/aromatic N) is 1. The predicted octanol–water partition coefficient (Wildman–Crippen LogP) is 4.38. The minimum atomic E-state index is 0. The average molecular weight is 365 g/mol. The van der Waals surface area contributed by atoms with E-state index >= 15 is 0 Å². The first-order valence-electron chi connectivity index (χ1n) is 8.06. The Kier molecular flexibility index (Phi) is 6.67. The van der Waals surface area contributed by atoms with Crippen molar-refractivity contribution in [1.29, 1.82) is 0 Å². The monoisotopic (exact) mass is 364 g/mol. The first kappa shape index (κ1) is 18.8. The maximum Gasteiger partial charge on any atom is 0.254 e. The predicted molar refractivity (Wildman–Crippen MR) is 102 cm³/mol. The molecule has 0 saturated carbocycles. The molecule has 0 aromatic heterocycles. The number of hydrogen-bond donors (Lipinski definition) is 1. The molecule has 5 heteroatoms. The van der Waals surface area contributed by atoms with Gasteiger partial charge in [-0.25, -0.2) is 0 Å². The van der Waals surface area contributed by atoms with Gasteiger partial charge in [-0.05, 0) is 43.0 Å². The molecule has 1 amide bonds. The van der Waals surface area contributed by atoms with Gasteiger partial charge in [-0.2, -0.15) is 0 Å². The summed E-state index contributed by atoms with van der Waals surface area (Å²) in [6.45, 7) is 1.33. The normalized spacial score (nSPS) is 17.2. The van der Waals surface area contributed by atoms with Crippen molar-refractivity contribution in [2.75, 3.05) is 13.1 Å². The van der Waals surface area contributed by atoms with Crippen LogP contribution in [-0.2, 0) is 0 Å². The number of halogens is 2. The molecule has 1 saturated heterocycles. The van der Waals surface area contributed by atoms with Gasteiger partial charge in [0.05, 0.1) is 0 Å². The lowest BCUT2D eigenvalue weighted by atomic mass is 9.99. The summed E-state index contributed by atoms with van der Waals surface area (Å²) < 4.78 is 0. The summed E-state index contributed by atoms with van der Waals surface area (Å²) in [7, 11) is 0. The number of rotatable bonds is 3. The molecule has 0 spiro atoms. The Bertz CT molecular complexity index is 688. The number of carbonyl (C=O) groups is 1. The summed E-state index contributed by atoms with van der Waals surface area (Å²) in [6, 6.07) is 15.5. The van der Waals surface area contributed by atoms with E-state index in [-0.39, 0.29) is 24.4 Å². The Balaban J connectivity index is 0.00000208. The highest BCUT2D eigenvalue weighted by atomic mass is 35.5. The molecule has 2 aromatic rings. The molecule has 0 radical (unpaired) electrons. The second-order valence-corrected chi connectivity index (χ2v) is 6.35. The summed E-state index contributed by atoms with van der Waals surface area (Å²) >= 11 is 6.23. The highest BCUT2D eigenvalue weighted by Crippen LogP contribution is 2.28.